The van der Waals surface area contributed by atoms with E-state index >= 15 is 0 Å². The van der Waals surface area contributed by atoms with Crippen LogP contribution in [0.2, 0.25) is 0 Å². The maximum Gasteiger partial charge on any atom is 0.221 e. The summed E-state index contributed by atoms with van der Waals surface area (Å²) < 4.78 is 13.5. The number of nitrogens with one attached hydrogen (secondary N) is 2. The first kappa shape index (κ1) is 13.8. The van der Waals surface area contributed by atoms with Gasteiger partial charge < -0.3 is 16.4 Å². The van der Waals surface area contributed by atoms with Gasteiger partial charge in [0.2, 0.25) is 5.91 Å². The Morgan fingerprint density at radius 3 is 2.95 bits per heavy atom. The maximum absolute atomic E-state index is 13.5. The molecular formula is C14H20FN3O. The molecule has 0 spiro atoms. The molecule has 0 radical (unpaired) electrons. The molecule has 5 heteroatoms. The highest BCUT2D eigenvalue weighted by atomic mass is 19.1. The van der Waals surface area contributed by atoms with Crippen molar-refractivity contribution in [1.82, 2.24) is 0 Å². The van der Waals surface area contributed by atoms with E-state index in [2.05, 4.69) is 10.6 Å². The van der Waals surface area contributed by atoms with Crippen molar-refractivity contribution in [2.75, 3.05) is 17.2 Å². The summed E-state index contributed by atoms with van der Waals surface area (Å²) in [5, 5.41) is 5.87. The zero-order valence-electron chi connectivity index (χ0n) is 11.1. The minimum Gasteiger partial charge on any atom is -0.382 e. The Bertz CT molecular complexity index is 464. The zero-order valence-corrected chi connectivity index (χ0v) is 11.1. The van der Waals surface area contributed by atoms with E-state index in [-0.39, 0.29) is 11.6 Å². The third-order valence-corrected chi connectivity index (χ3v) is 3.59. The predicted molar refractivity (Wildman–Crippen MR) is 74.5 cm³/mol. The highest BCUT2D eigenvalue weighted by molar-refractivity contribution is 5.89. The molecule has 104 valence electrons. The van der Waals surface area contributed by atoms with Crippen molar-refractivity contribution in [3.63, 3.8) is 0 Å². The summed E-state index contributed by atoms with van der Waals surface area (Å²) in [6.45, 7) is 2.03. The number of anilines is 2. The lowest BCUT2D eigenvalue weighted by Gasteiger charge is -2.21. The van der Waals surface area contributed by atoms with E-state index in [1.165, 1.54) is 19.4 Å². The average Bonchev–Trinajstić information content (AvgIpc) is 2.80. The highest BCUT2D eigenvalue weighted by Gasteiger charge is 2.25. The smallest absolute Gasteiger partial charge is 0.221 e. The molecule has 2 unspecified atom stereocenters. The molecule has 1 fully saturated rings. The molecule has 1 aromatic carbocycles. The first-order chi connectivity index (χ1) is 9.10. The summed E-state index contributed by atoms with van der Waals surface area (Å²) in [5.41, 5.74) is 6.76. The van der Waals surface area contributed by atoms with Gasteiger partial charge in [-0.25, -0.2) is 4.39 Å². The van der Waals surface area contributed by atoms with Crippen LogP contribution >= 0.6 is 0 Å². The third kappa shape index (κ3) is 3.44. The number of hydrogen-bond acceptors (Lipinski definition) is 3. The Labute approximate surface area is 112 Å². The number of benzene rings is 1. The second-order valence-electron chi connectivity index (χ2n) is 5.05. The molecule has 1 aliphatic rings. The van der Waals surface area contributed by atoms with Crippen LogP contribution < -0.4 is 16.4 Å². The fourth-order valence-electron chi connectivity index (χ4n) is 2.62. The molecule has 0 bridgehead atoms. The first-order valence-corrected chi connectivity index (χ1v) is 6.64. The Kier molecular flexibility index (Phi) is 4.37. The SMILES string of the molecule is CC(=O)Nc1cc(NC2CCCC2CN)ccc1F. The standard InChI is InChI=1S/C14H20FN3O/c1-9(19)17-14-7-11(5-6-12(14)15)18-13-4-2-3-10(13)8-16/h5-7,10,13,18H,2-4,8,16H2,1H3,(H,17,19). The second kappa shape index (κ2) is 6.02. The van der Waals surface area contributed by atoms with Gasteiger partial charge in [0.1, 0.15) is 5.82 Å². The zero-order chi connectivity index (χ0) is 13.8. The Morgan fingerprint density at radius 1 is 1.47 bits per heavy atom. The lowest BCUT2D eigenvalue weighted by molar-refractivity contribution is -0.114. The fourth-order valence-corrected chi connectivity index (χ4v) is 2.62. The predicted octanol–water partition coefficient (Wildman–Crippen LogP) is 2.32. The van der Waals surface area contributed by atoms with Crippen molar-refractivity contribution in [3.05, 3.63) is 24.0 Å². The van der Waals surface area contributed by atoms with Gasteiger partial charge in [-0.3, -0.25) is 4.79 Å². The van der Waals surface area contributed by atoms with Crippen molar-refractivity contribution in [1.29, 1.82) is 0 Å². The van der Waals surface area contributed by atoms with Crippen LogP contribution in [0.25, 0.3) is 0 Å². The van der Waals surface area contributed by atoms with Gasteiger partial charge in [-0.05, 0) is 43.5 Å². The van der Waals surface area contributed by atoms with Crippen molar-refractivity contribution in [2.45, 2.75) is 32.2 Å². The van der Waals surface area contributed by atoms with Crippen LogP contribution in [0.15, 0.2) is 18.2 Å². The number of amides is 1. The summed E-state index contributed by atoms with van der Waals surface area (Å²) in [6.07, 6.45) is 3.38. The summed E-state index contributed by atoms with van der Waals surface area (Å²) >= 11 is 0. The molecule has 1 saturated carbocycles. The van der Waals surface area contributed by atoms with Gasteiger partial charge in [-0.15, -0.1) is 0 Å². The number of hydrogen-bond donors (Lipinski definition) is 3. The molecule has 19 heavy (non-hydrogen) atoms. The highest BCUT2D eigenvalue weighted by Crippen LogP contribution is 2.29. The number of halogens is 1. The van der Waals surface area contributed by atoms with Crippen LogP contribution in [0.3, 0.4) is 0 Å². The molecule has 0 aromatic heterocycles. The van der Waals surface area contributed by atoms with Crippen molar-refractivity contribution >= 4 is 17.3 Å². The molecule has 1 aromatic rings. The van der Waals surface area contributed by atoms with Crippen molar-refractivity contribution < 1.29 is 9.18 Å². The van der Waals surface area contributed by atoms with E-state index in [0.717, 1.165) is 18.5 Å². The molecular weight excluding hydrogens is 245 g/mol. The lowest BCUT2D eigenvalue weighted by atomic mass is 10.0. The molecule has 0 heterocycles. The summed E-state index contributed by atoms with van der Waals surface area (Å²) in [7, 11) is 0. The largest absolute Gasteiger partial charge is 0.382 e. The fraction of sp³-hybridized carbons (Fsp3) is 0.500. The Balaban J connectivity index is 2.10. The molecule has 4 N–H and O–H groups in total. The van der Waals surface area contributed by atoms with E-state index in [4.69, 9.17) is 5.73 Å². The maximum atomic E-state index is 13.5. The lowest BCUT2D eigenvalue weighted by Crippen LogP contribution is -2.29. The van der Waals surface area contributed by atoms with Gasteiger partial charge in [0.15, 0.2) is 0 Å². The van der Waals surface area contributed by atoms with Gasteiger partial charge in [-0.2, -0.15) is 0 Å². The van der Waals surface area contributed by atoms with Crippen molar-refractivity contribution in [3.8, 4) is 0 Å². The van der Waals surface area contributed by atoms with Crippen LogP contribution in [-0.4, -0.2) is 18.5 Å². The van der Waals surface area contributed by atoms with Gasteiger partial charge in [0.25, 0.3) is 0 Å². The molecule has 4 nitrogen and oxygen atoms in total. The van der Waals surface area contributed by atoms with E-state index in [9.17, 15) is 9.18 Å². The molecule has 1 amide bonds. The van der Waals surface area contributed by atoms with Gasteiger partial charge >= 0.3 is 0 Å². The van der Waals surface area contributed by atoms with Gasteiger partial charge in [-0.1, -0.05) is 6.42 Å². The van der Waals surface area contributed by atoms with Gasteiger partial charge in [0, 0.05) is 18.7 Å². The Hall–Kier alpha value is -1.62. The van der Waals surface area contributed by atoms with Crippen LogP contribution in [0.1, 0.15) is 26.2 Å². The Morgan fingerprint density at radius 2 is 2.26 bits per heavy atom. The van der Waals surface area contributed by atoms with Gasteiger partial charge in [0.05, 0.1) is 5.69 Å². The second-order valence-corrected chi connectivity index (χ2v) is 5.05. The molecule has 0 saturated heterocycles. The average molecular weight is 265 g/mol. The van der Waals surface area contributed by atoms with Crippen LogP contribution in [0, 0.1) is 11.7 Å². The normalized spacial score (nSPS) is 22.3. The topological polar surface area (TPSA) is 67.2 Å². The van der Waals surface area contributed by atoms with Crippen molar-refractivity contribution in [2.24, 2.45) is 11.7 Å². The third-order valence-electron chi connectivity index (χ3n) is 3.59. The van der Waals surface area contributed by atoms with E-state index in [1.54, 1.807) is 12.1 Å². The first-order valence-electron chi connectivity index (χ1n) is 6.64. The van der Waals surface area contributed by atoms with Crippen LogP contribution in [-0.2, 0) is 4.79 Å². The molecule has 2 atom stereocenters. The number of nitrogens with two attached hydrogens (primary N) is 1. The minimum atomic E-state index is -0.428. The van der Waals surface area contributed by atoms with E-state index in [0.29, 0.717) is 18.5 Å². The summed E-state index contributed by atoms with van der Waals surface area (Å²) in [5.74, 6) is -0.242. The molecule has 1 aliphatic carbocycles. The number of rotatable bonds is 4. The van der Waals surface area contributed by atoms with Crippen LogP contribution in [0.5, 0.6) is 0 Å². The summed E-state index contributed by atoms with van der Waals surface area (Å²) in [4.78, 5) is 11.0. The summed E-state index contributed by atoms with van der Waals surface area (Å²) in [6, 6.07) is 5.01. The quantitative estimate of drug-likeness (QED) is 0.782. The molecule has 0 aliphatic heterocycles. The molecule has 2 rings (SSSR count). The van der Waals surface area contributed by atoms with E-state index < -0.39 is 5.82 Å². The number of carbonyl (C=O) groups is 1. The van der Waals surface area contributed by atoms with E-state index in [1.807, 2.05) is 0 Å². The number of carbonyl (C=O) groups excluding carboxylic acids is 1. The monoisotopic (exact) mass is 265 g/mol. The minimum absolute atomic E-state index is 0.208. The van der Waals surface area contributed by atoms with Crippen LogP contribution in [0.4, 0.5) is 15.8 Å².